The van der Waals surface area contributed by atoms with E-state index in [0.717, 1.165) is 23.4 Å². The van der Waals surface area contributed by atoms with Gasteiger partial charge in [0, 0.05) is 25.0 Å². The smallest absolute Gasteiger partial charge is 0.254 e. The molecule has 0 aromatic carbocycles. The lowest BCUT2D eigenvalue weighted by atomic mass is 9.74. The molecule has 3 aliphatic rings. The van der Waals surface area contributed by atoms with Gasteiger partial charge in [0.15, 0.2) is 0 Å². The molecule has 4 nitrogen and oxygen atoms in total. The molecule has 3 saturated heterocycles. The molecule has 5 heteroatoms. The summed E-state index contributed by atoms with van der Waals surface area (Å²) in [4.78, 5) is 18.4. The largest absolute Gasteiger partial charge is 0.346 e. The number of pyridine rings is 1. The van der Waals surface area contributed by atoms with Gasteiger partial charge in [-0.2, -0.15) is 0 Å². The van der Waals surface area contributed by atoms with Crippen LogP contribution in [0.25, 0.3) is 0 Å². The van der Waals surface area contributed by atoms with E-state index in [2.05, 4.69) is 17.2 Å². The minimum atomic E-state index is 0.0199. The van der Waals surface area contributed by atoms with Crippen LogP contribution in [0, 0.1) is 11.8 Å². The lowest BCUT2D eigenvalue weighted by Crippen LogP contribution is -3.20. The van der Waals surface area contributed by atoms with Gasteiger partial charge in [-0.05, 0) is 30.7 Å². The summed E-state index contributed by atoms with van der Waals surface area (Å²) in [6, 6.07) is 4.29. The van der Waals surface area contributed by atoms with Crippen LogP contribution in [0.2, 0.25) is 0 Å². The Hall–Kier alpha value is -1.07. The number of carbonyl (C=O) groups is 1. The van der Waals surface area contributed by atoms with Crippen molar-refractivity contribution in [3.05, 3.63) is 23.9 Å². The SMILES string of the molecule is CC[C@H]1C[NH+]2CC[C@H]1C[C@@H]2CNC(=O)c1cccnc1SC. The number of hydrogen-bond donors (Lipinski definition) is 2. The maximum atomic E-state index is 12.4. The van der Waals surface area contributed by atoms with Gasteiger partial charge in [-0.15, -0.1) is 11.8 Å². The molecule has 4 heterocycles. The number of hydrogen-bond acceptors (Lipinski definition) is 3. The second-order valence-electron chi connectivity index (χ2n) is 6.53. The third-order valence-corrected chi connectivity index (χ3v) is 6.15. The highest BCUT2D eigenvalue weighted by Gasteiger charge is 2.42. The predicted molar refractivity (Wildman–Crippen MR) is 89.3 cm³/mol. The molecule has 0 spiro atoms. The number of nitrogens with zero attached hydrogens (tertiary/aromatic N) is 1. The summed E-state index contributed by atoms with van der Waals surface area (Å²) in [5.41, 5.74) is 0.701. The number of aromatic nitrogens is 1. The molecular formula is C17H26N3OS+. The van der Waals surface area contributed by atoms with Gasteiger partial charge >= 0.3 is 0 Å². The zero-order chi connectivity index (χ0) is 15.5. The molecular weight excluding hydrogens is 294 g/mol. The van der Waals surface area contributed by atoms with Crippen molar-refractivity contribution in [2.45, 2.75) is 37.3 Å². The molecule has 0 radical (unpaired) electrons. The maximum absolute atomic E-state index is 12.4. The van der Waals surface area contributed by atoms with Crippen LogP contribution in [0.5, 0.6) is 0 Å². The molecule has 1 aromatic heterocycles. The average Bonchev–Trinajstić information content (AvgIpc) is 2.59. The number of fused-ring (bicyclic) bond motifs is 3. The minimum absolute atomic E-state index is 0.0199. The van der Waals surface area contributed by atoms with E-state index in [1.54, 1.807) is 11.1 Å². The highest BCUT2D eigenvalue weighted by molar-refractivity contribution is 7.98. The van der Waals surface area contributed by atoms with E-state index in [1.807, 2.05) is 18.4 Å². The zero-order valence-electron chi connectivity index (χ0n) is 13.5. The van der Waals surface area contributed by atoms with Crippen LogP contribution in [0.15, 0.2) is 23.4 Å². The summed E-state index contributed by atoms with van der Waals surface area (Å²) < 4.78 is 0. The lowest BCUT2D eigenvalue weighted by Gasteiger charge is -2.46. The van der Waals surface area contributed by atoms with E-state index in [0.29, 0.717) is 11.6 Å². The van der Waals surface area contributed by atoms with Crippen molar-refractivity contribution in [3.8, 4) is 0 Å². The number of amides is 1. The van der Waals surface area contributed by atoms with E-state index in [4.69, 9.17) is 0 Å². The standard InChI is InChI=1S/C17H25N3OS/c1-3-12-11-20-8-6-13(12)9-14(20)10-19-16(21)15-5-4-7-18-17(15)22-2/h4-5,7,12-14H,3,6,8-11H2,1-2H3,(H,19,21)/p+1/t12-,13-,14+/m0/s1. The second kappa shape index (κ2) is 7.01. The molecule has 1 unspecified atom stereocenters. The van der Waals surface area contributed by atoms with Crippen molar-refractivity contribution < 1.29 is 9.69 Å². The number of thioether (sulfide) groups is 1. The van der Waals surface area contributed by atoms with Gasteiger partial charge < -0.3 is 10.2 Å². The van der Waals surface area contributed by atoms with Crippen LogP contribution in [-0.4, -0.2) is 42.8 Å². The lowest BCUT2D eigenvalue weighted by molar-refractivity contribution is -0.945. The molecule has 2 bridgehead atoms. The Morgan fingerprint density at radius 1 is 1.55 bits per heavy atom. The number of quaternary nitrogens is 1. The van der Waals surface area contributed by atoms with Gasteiger partial charge in [-0.25, -0.2) is 4.98 Å². The normalized spacial score (nSPS) is 30.3. The van der Waals surface area contributed by atoms with Crippen LogP contribution < -0.4 is 10.2 Å². The Morgan fingerprint density at radius 3 is 3.09 bits per heavy atom. The van der Waals surface area contributed by atoms with Crippen molar-refractivity contribution in [2.24, 2.45) is 11.8 Å². The number of rotatable bonds is 5. The van der Waals surface area contributed by atoms with Crippen molar-refractivity contribution in [3.63, 3.8) is 0 Å². The van der Waals surface area contributed by atoms with E-state index >= 15 is 0 Å². The molecule has 22 heavy (non-hydrogen) atoms. The first-order valence-electron chi connectivity index (χ1n) is 8.34. The number of carbonyl (C=O) groups excluding carboxylic acids is 1. The second-order valence-corrected chi connectivity index (χ2v) is 7.33. The maximum Gasteiger partial charge on any atom is 0.254 e. The Morgan fingerprint density at radius 2 is 2.41 bits per heavy atom. The number of piperidine rings is 3. The highest BCUT2D eigenvalue weighted by Crippen LogP contribution is 2.28. The van der Waals surface area contributed by atoms with Gasteiger partial charge in [0.05, 0.1) is 25.2 Å². The molecule has 4 atom stereocenters. The molecule has 2 N–H and O–H groups in total. The van der Waals surface area contributed by atoms with E-state index in [9.17, 15) is 4.79 Å². The third-order valence-electron chi connectivity index (χ3n) is 5.43. The summed E-state index contributed by atoms with van der Waals surface area (Å²) in [5.74, 6) is 1.80. The van der Waals surface area contributed by atoms with Gasteiger partial charge in [-0.1, -0.05) is 6.92 Å². The summed E-state index contributed by atoms with van der Waals surface area (Å²) in [5, 5.41) is 3.96. The van der Waals surface area contributed by atoms with Crippen LogP contribution in [0.1, 0.15) is 36.5 Å². The van der Waals surface area contributed by atoms with Crippen molar-refractivity contribution >= 4 is 17.7 Å². The third kappa shape index (κ3) is 3.15. The van der Waals surface area contributed by atoms with Crippen molar-refractivity contribution in [1.82, 2.24) is 10.3 Å². The molecule has 1 aromatic rings. The van der Waals surface area contributed by atoms with Gasteiger partial charge in [0.25, 0.3) is 5.91 Å². The predicted octanol–water partition coefficient (Wildman–Crippen LogP) is 1.24. The van der Waals surface area contributed by atoms with Crippen LogP contribution in [-0.2, 0) is 0 Å². The first-order valence-corrected chi connectivity index (χ1v) is 9.57. The minimum Gasteiger partial charge on any atom is -0.346 e. The Balaban J connectivity index is 1.58. The Bertz CT molecular complexity index is 536. The quantitative estimate of drug-likeness (QED) is 0.803. The zero-order valence-corrected chi connectivity index (χ0v) is 14.3. The van der Waals surface area contributed by atoms with Crippen LogP contribution in [0.4, 0.5) is 0 Å². The summed E-state index contributed by atoms with van der Waals surface area (Å²) in [6.07, 6.45) is 7.65. The fraction of sp³-hybridized carbons (Fsp3) is 0.647. The molecule has 3 aliphatic heterocycles. The molecule has 4 rings (SSSR count). The van der Waals surface area contributed by atoms with Crippen molar-refractivity contribution in [2.75, 3.05) is 25.9 Å². The molecule has 3 fully saturated rings. The molecule has 0 saturated carbocycles. The van der Waals surface area contributed by atoms with Gasteiger partial charge in [-0.3, -0.25) is 4.79 Å². The number of nitrogens with one attached hydrogen (secondary N) is 2. The highest BCUT2D eigenvalue weighted by atomic mass is 32.2. The molecule has 0 aliphatic carbocycles. The fourth-order valence-electron chi connectivity index (χ4n) is 4.17. The monoisotopic (exact) mass is 320 g/mol. The van der Waals surface area contributed by atoms with Crippen molar-refractivity contribution in [1.29, 1.82) is 0 Å². The van der Waals surface area contributed by atoms with Crippen LogP contribution in [0.3, 0.4) is 0 Å². The topological polar surface area (TPSA) is 46.4 Å². The Labute approximate surface area is 137 Å². The summed E-state index contributed by atoms with van der Waals surface area (Å²) in [6.45, 7) is 5.69. The Kier molecular flexibility index (Phi) is 5.03. The molecule has 120 valence electrons. The molecule has 1 amide bonds. The van der Waals surface area contributed by atoms with Gasteiger partial charge in [0.1, 0.15) is 11.1 Å². The van der Waals surface area contributed by atoms with E-state index in [1.165, 1.54) is 44.1 Å². The first-order chi connectivity index (χ1) is 10.7. The summed E-state index contributed by atoms with van der Waals surface area (Å²) in [7, 11) is 0. The van der Waals surface area contributed by atoms with E-state index < -0.39 is 0 Å². The fourth-order valence-corrected chi connectivity index (χ4v) is 4.71. The first kappa shape index (κ1) is 15.8. The average molecular weight is 320 g/mol. The van der Waals surface area contributed by atoms with E-state index in [-0.39, 0.29) is 5.91 Å². The van der Waals surface area contributed by atoms with Crippen LogP contribution >= 0.6 is 11.8 Å². The summed E-state index contributed by atoms with van der Waals surface area (Å²) >= 11 is 1.52. The van der Waals surface area contributed by atoms with Gasteiger partial charge in [0.2, 0.25) is 0 Å².